The minimum Gasteiger partial charge on any atom is -0.480 e. The molecule has 0 radical (unpaired) electrons. The Morgan fingerprint density at radius 2 is 1.91 bits per heavy atom. The first-order chi connectivity index (χ1) is 10.4. The molecule has 1 unspecified atom stereocenters. The van der Waals surface area contributed by atoms with Crippen LogP contribution in [0.15, 0.2) is 24.3 Å². The maximum Gasteiger partial charge on any atom is 0.387 e. The number of alkyl halides is 2. The van der Waals surface area contributed by atoms with Crippen LogP contribution in [0.4, 0.5) is 8.78 Å². The van der Waals surface area contributed by atoms with Gasteiger partial charge in [0.15, 0.2) is 0 Å². The molecule has 0 saturated heterocycles. The Balaban J connectivity index is 2.54. The minimum atomic E-state index is -2.90. The minimum absolute atomic E-state index is 0.00511. The largest absolute Gasteiger partial charge is 0.480 e. The summed E-state index contributed by atoms with van der Waals surface area (Å²) in [6, 6.07) is 4.73. The van der Waals surface area contributed by atoms with Gasteiger partial charge in [-0.25, -0.2) is 4.79 Å². The normalized spacial score (nSPS) is 12.0. The Morgan fingerprint density at radius 3 is 2.41 bits per heavy atom. The smallest absolute Gasteiger partial charge is 0.387 e. The van der Waals surface area contributed by atoms with Crippen molar-refractivity contribution in [2.45, 2.75) is 45.3 Å². The van der Waals surface area contributed by atoms with E-state index in [9.17, 15) is 18.4 Å². The number of hydrogen-bond donors (Lipinski definition) is 2. The van der Waals surface area contributed by atoms with Gasteiger partial charge in [-0.1, -0.05) is 31.9 Å². The Labute approximate surface area is 127 Å². The van der Waals surface area contributed by atoms with E-state index in [0.29, 0.717) is 18.4 Å². The molecule has 0 aliphatic carbocycles. The highest BCUT2D eigenvalue weighted by molar-refractivity contribution is 5.84. The number of amides is 1. The molecule has 0 aromatic heterocycles. The van der Waals surface area contributed by atoms with E-state index in [0.717, 1.165) is 6.42 Å². The zero-order chi connectivity index (χ0) is 16.5. The van der Waals surface area contributed by atoms with Crippen molar-refractivity contribution in [1.82, 2.24) is 5.32 Å². The lowest BCUT2D eigenvalue weighted by Crippen LogP contribution is -2.41. The van der Waals surface area contributed by atoms with Crippen LogP contribution in [0.1, 0.15) is 31.7 Å². The van der Waals surface area contributed by atoms with Gasteiger partial charge < -0.3 is 15.2 Å². The number of carbonyl (C=O) groups is 2. The van der Waals surface area contributed by atoms with E-state index in [1.807, 2.05) is 6.92 Å². The lowest BCUT2D eigenvalue weighted by atomic mass is 10.1. The molecule has 0 heterocycles. The molecule has 1 atom stereocenters. The van der Waals surface area contributed by atoms with Gasteiger partial charge in [0.2, 0.25) is 5.91 Å². The predicted octanol–water partition coefficient (Wildman–Crippen LogP) is 2.59. The van der Waals surface area contributed by atoms with Gasteiger partial charge in [0.1, 0.15) is 11.8 Å². The lowest BCUT2D eigenvalue weighted by Gasteiger charge is -2.14. The summed E-state index contributed by atoms with van der Waals surface area (Å²) in [5.41, 5.74) is 0.582. The predicted molar refractivity (Wildman–Crippen MR) is 75.9 cm³/mol. The molecule has 1 aromatic rings. The summed E-state index contributed by atoms with van der Waals surface area (Å²) in [7, 11) is 0. The molecular weight excluding hydrogens is 296 g/mol. The standard InChI is InChI=1S/C15H19F2NO4/c1-2-3-4-12(14(20)21)18-13(19)9-10-5-7-11(8-6-10)22-15(16)17/h5-8,12,15H,2-4,9H2,1H3,(H,18,19)(H,20,21). The van der Waals surface area contributed by atoms with Crippen LogP contribution in [0, 0.1) is 0 Å². The third-order valence-corrected chi connectivity index (χ3v) is 2.99. The summed E-state index contributed by atoms with van der Waals surface area (Å²) in [6.07, 6.45) is 1.89. The highest BCUT2D eigenvalue weighted by Gasteiger charge is 2.19. The Kier molecular flexibility index (Phi) is 7.28. The van der Waals surface area contributed by atoms with E-state index in [1.165, 1.54) is 24.3 Å². The highest BCUT2D eigenvalue weighted by Crippen LogP contribution is 2.15. The number of halogens is 2. The van der Waals surface area contributed by atoms with Gasteiger partial charge in [-0.05, 0) is 24.1 Å². The number of carbonyl (C=O) groups excluding carboxylic acids is 1. The second kappa shape index (κ2) is 8.96. The molecule has 0 spiro atoms. The van der Waals surface area contributed by atoms with Crippen LogP contribution in [0.2, 0.25) is 0 Å². The molecule has 0 fully saturated rings. The number of carboxylic acid groups (broad SMARTS) is 1. The third-order valence-electron chi connectivity index (χ3n) is 2.99. The van der Waals surface area contributed by atoms with E-state index in [4.69, 9.17) is 5.11 Å². The molecule has 5 nitrogen and oxygen atoms in total. The molecule has 122 valence electrons. The average Bonchev–Trinajstić information content (AvgIpc) is 2.44. The molecule has 1 aromatic carbocycles. The summed E-state index contributed by atoms with van der Waals surface area (Å²) >= 11 is 0. The molecular formula is C15H19F2NO4. The van der Waals surface area contributed by atoms with Crippen molar-refractivity contribution in [3.63, 3.8) is 0 Å². The fourth-order valence-corrected chi connectivity index (χ4v) is 1.89. The first-order valence-corrected chi connectivity index (χ1v) is 6.98. The fraction of sp³-hybridized carbons (Fsp3) is 0.467. The van der Waals surface area contributed by atoms with Crippen LogP contribution in [-0.2, 0) is 16.0 Å². The maximum absolute atomic E-state index is 12.0. The quantitative estimate of drug-likeness (QED) is 0.734. The number of benzene rings is 1. The maximum atomic E-state index is 12.0. The van der Waals surface area contributed by atoms with E-state index in [2.05, 4.69) is 10.1 Å². The monoisotopic (exact) mass is 315 g/mol. The summed E-state index contributed by atoms with van der Waals surface area (Å²) in [6.45, 7) is -0.965. The van der Waals surface area contributed by atoms with Crippen LogP contribution < -0.4 is 10.1 Å². The lowest BCUT2D eigenvalue weighted by molar-refractivity contribution is -0.142. The van der Waals surface area contributed by atoms with Gasteiger partial charge in [-0.2, -0.15) is 8.78 Å². The third kappa shape index (κ3) is 6.51. The first kappa shape index (κ1) is 17.9. The number of nitrogens with one attached hydrogen (secondary N) is 1. The van der Waals surface area contributed by atoms with Gasteiger partial charge >= 0.3 is 12.6 Å². The van der Waals surface area contributed by atoms with E-state index in [1.54, 1.807) is 0 Å². The van der Waals surface area contributed by atoms with Crippen molar-refractivity contribution < 1.29 is 28.2 Å². The van der Waals surface area contributed by atoms with Gasteiger partial charge in [-0.15, -0.1) is 0 Å². The van der Waals surface area contributed by atoms with Crippen LogP contribution >= 0.6 is 0 Å². The van der Waals surface area contributed by atoms with E-state index >= 15 is 0 Å². The van der Waals surface area contributed by atoms with E-state index < -0.39 is 24.5 Å². The van der Waals surface area contributed by atoms with Crippen LogP contribution in [0.3, 0.4) is 0 Å². The average molecular weight is 315 g/mol. The molecule has 1 rings (SSSR count). The molecule has 0 aliphatic rings. The number of carboxylic acids is 1. The van der Waals surface area contributed by atoms with Crippen LogP contribution in [-0.4, -0.2) is 29.6 Å². The summed E-state index contributed by atoms with van der Waals surface area (Å²) in [5.74, 6) is -1.49. The van der Waals surface area contributed by atoms with Crippen molar-refractivity contribution in [1.29, 1.82) is 0 Å². The summed E-state index contributed by atoms with van der Waals surface area (Å²) in [4.78, 5) is 22.9. The molecule has 7 heteroatoms. The summed E-state index contributed by atoms with van der Waals surface area (Å²) in [5, 5.41) is 11.5. The number of rotatable bonds is 9. The van der Waals surface area contributed by atoms with Crippen molar-refractivity contribution in [2.24, 2.45) is 0 Å². The molecule has 0 aliphatic heterocycles. The number of hydrogen-bond acceptors (Lipinski definition) is 3. The highest BCUT2D eigenvalue weighted by atomic mass is 19.3. The van der Waals surface area contributed by atoms with Gasteiger partial charge in [0.05, 0.1) is 6.42 Å². The Hall–Kier alpha value is -2.18. The molecule has 2 N–H and O–H groups in total. The SMILES string of the molecule is CCCCC(NC(=O)Cc1ccc(OC(F)F)cc1)C(=O)O. The molecule has 22 heavy (non-hydrogen) atoms. The van der Waals surface area contributed by atoms with Crippen LogP contribution in [0.5, 0.6) is 5.75 Å². The topological polar surface area (TPSA) is 75.6 Å². The Morgan fingerprint density at radius 1 is 1.27 bits per heavy atom. The second-order valence-electron chi connectivity index (χ2n) is 4.80. The van der Waals surface area contributed by atoms with E-state index in [-0.39, 0.29) is 12.2 Å². The zero-order valence-corrected chi connectivity index (χ0v) is 12.2. The molecule has 0 saturated carbocycles. The molecule has 0 bridgehead atoms. The van der Waals surface area contributed by atoms with Crippen molar-refractivity contribution >= 4 is 11.9 Å². The number of aliphatic carboxylic acids is 1. The van der Waals surface area contributed by atoms with Crippen molar-refractivity contribution in [3.8, 4) is 5.75 Å². The van der Waals surface area contributed by atoms with Crippen LogP contribution in [0.25, 0.3) is 0 Å². The van der Waals surface area contributed by atoms with Gasteiger partial charge in [0, 0.05) is 0 Å². The number of unbranched alkanes of at least 4 members (excludes halogenated alkanes) is 1. The summed E-state index contributed by atoms with van der Waals surface area (Å²) < 4.78 is 28.2. The Bertz CT molecular complexity index is 491. The van der Waals surface area contributed by atoms with Crippen molar-refractivity contribution in [2.75, 3.05) is 0 Å². The number of ether oxygens (including phenoxy) is 1. The molecule has 1 amide bonds. The second-order valence-corrected chi connectivity index (χ2v) is 4.80. The zero-order valence-electron chi connectivity index (χ0n) is 12.2. The van der Waals surface area contributed by atoms with Gasteiger partial charge in [0.25, 0.3) is 0 Å². The first-order valence-electron chi connectivity index (χ1n) is 6.98. The fourth-order valence-electron chi connectivity index (χ4n) is 1.89. The van der Waals surface area contributed by atoms with Gasteiger partial charge in [-0.3, -0.25) is 4.79 Å². The van der Waals surface area contributed by atoms with Crippen molar-refractivity contribution in [3.05, 3.63) is 29.8 Å².